The molecule has 128 valence electrons. The standard InChI is InChI=1S/C19H21N5O/c1-23-11-10-21-18(23)14-24(2)16-8-9-20-17(12-16)19(25)22-13-15-6-4-3-5-7-15/h3-12H,13-14H2,1-2H3,(H,22,25). The van der Waals surface area contributed by atoms with Gasteiger partial charge in [-0.25, -0.2) is 4.98 Å². The first-order chi connectivity index (χ1) is 12.1. The van der Waals surface area contributed by atoms with Gasteiger partial charge in [0.15, 0.2) is 0 Å². The number of hydrogen-bond donors (Lipinski definition) is 1. The summed E-state index contributed by atoms with van der Waals surface area (Å²) in [5.41, 5.74) is 2.38. The zero-order valence-corrected chi connectivity index (χ0v) is 14.4. The summed E-state index contributed by atoms with van der Waals surface area (Å²) >= 11 is 0. The second kappa shape index (κ2) is 7.61. The number of amides is 1. The number of imidazole rings is 1. The van der Waals surface area contributed by atoms with E-state index in [1.807, 2.05) is 66.2 Å². The molecule has 0 atom stereocenters. The highest BCUT2D eigenvalue weighted by molar-refractivity contribution is 5.93. The molecular formula is C19H21N5O. The molecule has 6 nitrogen and oxygen atoms in total. The van der Waals surface area contributed by atoms with Crippen LogP contribution in [0.25, 0.3) is 0 Å². The lowest BCUT2D eigenvalue weighted by Crippen LogP contribution is -2.25. The van der Waals surface area contributed by atoms with Crippen LogP contribution in [0.3, 0.4) is 0 Å². The molecule has 3 rings (SSSR count). The molecule has 0 fully saturated rings. The second-order valence-corrected chi connectivity index (χ2v) is 5.88. The van der Waals surface area contributed by atoms with Gasteiger partial charge >= 0.3 is 0 Å². The maximum absolute atomic E-state index is 12.4. The van der Waals surface area contributed by atoms with Crippen molar-refractivity contribution in [2.24, 2.45) is 7.05 Å². The third kappa shape index (κ3) is 4.23. The fourth-order valence-electron chi connectivity index (χ4n) is 2.50. The highest BCUT2D eigenvalue weighted by Crippen LogP contribution is 2.15. The molecule has 1 amide bonds. The first-order valence-corrected chi connectivity index (χ1v) is 8.09. The first-order valence-electron chi connectivity index (χ1n) is 8.09. The number of benzene rings is 1. The summed E-state index contributed by atoms with van der Waals surface area (Å²) in [7, 11) is 3.93. The Labute approximate surface area is 147 Å². The molecule has 1 aromatic carbocycles. The van der Waals surface area contributed by atoms with Gasteiger partial charge in [0, 0.05) is 44.9 Å². The molecule has 0 saturated carbocycles. The number of pyridine rings is 1. The minimum atomic E-state index is -0.184. The van der Waals surface area contributed by atoms with Crippen LogP contribution in [0.4, 0.5) is 5.69 Å². The third-order valence-electron chi connectivity index (χ3n) is 4.01. The largest absolute Gasteiger partial charge is 0.367 e. The third-order valence-corrected chi connectivity index (χ3v) is 4.01. The molecular weight excluding hydrogens is 314 g/mol. The van der Waals surface area contributed by atoms with Gasteiger partial charge in [0.2, 0.25) is 0 Å². The summed E-state index contributed by atoms with van der Waals surface area (Å²) in [5.74, 6) is 0.769. The number of nitrogens with one attached hydrogen (secondary N) is 1. The van der Waals surface area contributed by atoms with Crippen molar-refractivity contribution in [1.29, 1.82) is 0 Å². The van der Waals surface area contributed by atoms with E-state index in [0.29, 0.717) is 18.8 Å². The van der Waals surface area contributed by atoms with Crippen LogP contribution in [-0.2, 0) is 20.1 Å². The average molecular weight is 335 g/mol. The molecule has 0 aliphatic carbocycles. The van der Waals surface area contributed by atoms with E-state index < -0.39 is 0 Å². The van der Waals surface area contributed by atoms with E-state index in [9.17, 15) is 4.79 Å². The molecule has 0 bridgehead atoms. The fraction of sp³-hybridized carbons (Fsp3) is 0.211. The van der Waals surface area contributed by atoms with Crippen LogP contribution in [-0.4, -0.2) is 27.5 Å². The average Bonchev–Trinajstić information content (AvgIpc) is 3.05. The van der Waals surface area contributed by atoms with E-state index in [-0.39, 0.29) is 5.91 Å². The number of nitrogens with zero attached hydrogens (tertiary/aromatic N) is 4. The summed E-state index contributed by atoms with van der Waals surface area (Å²) in [6, 6.07) is 13.5. The Balaban J connectivity index is 1.66. The van der Waals surface area contributed by atoms with Crippen molar-refractivity contribution >= 4 is 11.6 Å². The molecule has 1 N–H and O–H groups in total. The minimum Gasteiger partial charge on any atom is -0.367 e. The number of anilines is 1. The summed E-state index contributed by atoms with van der Waals surface area (Å²) in [6.07, 6.45) is 5.35. The monoisotopic (exact) mass is 335 g/mol. The highest BCUT2D eigenvalue weighted by Gasteiger charge is 2.11. The molecule has 6 heteroatoms. The lowest BCUT2D eigenvalue weighted by Gasteiger charge is -2.19. The Kier molecular flexibility index (Phi) is 5.09. The Morgan fingerprint density at radius 3 is 2.68 bits per heavy atom. The molecule has 0 aliphatic rings. The van der Waals surface area contributed by atoms with E-state index in [0.717, 1.165) is 17.1 Å². The van der Waals surface area contributed by atoms with E-state index in [1.54, 1.807) is 18.5 Å². The molecule has 0 radical (unpaired) electrons. The van der Waals surface area contributed by atoms with Gasteiger partial charge in [-0.15, -0.1) is 0 Å². The Morgan fingerprint density at radius 2 is 1.96 bits per heavy atom. The normalized spacial score (nSPS) is 10.5. The zero-order valence-electron chi connectivity index (χ0n) is 14.4. The summed E-state index contributed by atoms with van der Waals surface area (Å²) in [4.78, 5) is 22.9. The van der Waals surface area contributed by atoms with Gasteiger partial charge in [0.05, 0.1) is 6.54 Å². The Bertz CT molecular complexity index is 844. The van der Waals surface area contributed by atoms with Gasteiger partial charge in [0.1, 0.15) is 11.5 Å². The number of aromatic nitrogens is 3. The molecule has 3 aromatic rings. The molecule has 25 heavy (non-hydrogen) atoms. The molecule has 0 unspecified atom stereocenters. The van der Waals surface area contributed by atoms with Crippen LogP contribution in [0.1, 0.15) is 21.9 Å². The number of rotatable bonds is 6. The number of aryl methyl sites for hydroxylation is 1. The van der Waals surface area contributed by atoms with Crippen LogP contribution in [0.2, 0.25) is 0 Å². The smallest absolute Gasteiger partial charge is 0.270 e. The van der Waals surface area contributed by atoms with Gasteiger partial charge in [-0.2, -0.15) is 0 Å². The topological polar surface area (TPSA) is 63.1 Å². The molecule has 2 heterocycles. The van der Waals surface area contributed by atoms with Crippen LogP contribution in [0.5, 0.6) is 0 Å². The van der Waals surface area contributed by atoms with Crippen molar-refractivity contribution in [2.75, 3.05) is 11.9 Å². The minimum absolute atomic E-state index is 0.184. The van der Waals surface area contributed by atoms with Crippen molar-refractivity contribution in [1.82, 2.24) is 19.9 Å². The van der Waals surface area contributed by atoms with Crippen molar-refractivity contribution in [3.05, 3.63) is 78.1 Å². The van der Waals surface area contributed by atoms with Crippen molar-refractivity contribution < 1.29 is 4.79 Å². The van der Waals surface area contributed by atoms with E-state index in [4.69, 9.17) is 0 Å². The number of carbonyl (C=O) groups is 1. The van der Waals surface area contributed by atoms with Gasteiger partial charge in [-0.1, -0.05) is 30.3 Å². The van der Waals surface area contributed by atoms with Gasteiger partial charge < -0.3 is 14.8 Å². The SMILES string of the molecule is CN(Cc1nccn1C)c1ccnc(C(=O)NCc2ccccc2)c1. The quantitative estimate of drug-likeness (QED) is 0.751. The van der Waals surface area contributed by atoms with Crippen LogP contribution >= 0.6 is 0 Å². The lowest BCUT2D eigenvalue weighted by molar-refractivity contribution is 0.0946. The van der Waals surface area contributed by atoms with Gasteiger partial charge in [-0.05, 0) is 17.7 Å². The predicted molar refractivity (Wildman–Crippen MR) is 97.2 cm³/mol. The van der Waals surface area contributed by atoms with Crippen LogP contribution in [0, 0.1) is 0 Å². The predicted octanol–water partition coefficient (Wildman–Crippen LogP) is 2.38. The fourth-order valence-corrected chi connectivity index (χ4v) is 2.50. The summed E-state index contributed by atoms with van der Waals surface area (Å²) in [5, 5.41) is 2.90. The van der Waals surface area contributed by atoms with Crippen LogP contribution < -0.4 is 10.2 Å². The Hall–Kier alpha value is -3.15. The van der Waals surface area contributed by atoms with Crippen LogP contribution in [0.15, 0.2) is 61.1 Å². The maximum atomic E-state index is 12.4. The van der Waals surface area contributed by atoms with Gasteiger partial charge in [0.25, 0.3) is 5.91 Å². The van der Waals surface area contributed by atoms with Gasteiger partial charge in [-0.3, -0.25) is 9.78 Å². The molecule has 0 spiro atoms. The molecule has 0 aliphatic heterocycles. The lowest BCUT2D eigenvalue weighted by atomic mass is 10.2. The van der Waals surface area contributed by atoms with E-state index in [1.165, 1.54) is 0 Å². The van der Waals surface area contributed by atoms with E-state index >= 15 is 0 Å². The molecule has 0 saturated heterocycles. The van der Waals surface area contributed by atoms with Crippen molar-refractivity contribution in [3.63, 3.8) is 0 Å². The van der Waals surface area contributed by atoms with Crippen molar-refractivity contribution in [3.8, 4) is 0 Å². The van der Waals surface area contributed by atoms with Crippen molar-refractivity contribution in [2.45, 2.75) is 13.1 Å². The highest BCUT2D eigenvalue weighted by atomic mass is 16.1. The van der Waals surface area contributed by atoms with E-state index in [2.05, 4.69) is 15.3 Å². The summed E-state index contributed by atoms with van der Waals surface area (Å²) in [6.45, 7) is 1.13. The zero-order chi connectivity index (χ0) is 17.6. The Morgan fingerprint density at radius 1 is 1.16 bits per heavy atom. The number of hydrogen-bond acceptors (Lipinski definition) is 4. The first kappa shape index (κ1) is 16.7. The summed E-state index contributed by atoms with van der Waals surface area (Å²) < 4.78 is 1.98. The maximum Gasteiger partial charge on any atom is 0.270 e. The number of carbonyl (C=O) groups excluding carboxylic acids is 1. The second-order valence-electron chi connectivity index (χ2n) is 5.88. The molecule has 2 aromatic heterocycles.